The van der Waals surface area contributed by atoms with E-state index in [4.69, 9.17) is 21.4 Å². The maximum atomic E-state index is 5.60. The van der Waals surface area contributed by atoms with Crippen LogP contribution in [0.25, 0.3) is 11.5 Å². The molecule has 2 aromatic heterocycles. The maximum Gasteiger partial charge on any atom is 0.191 e. The first-order valence-corrected chi connectivity index (χ1v) is 7.91. The maximum absolute atomic E-state index is 5.60. The summed E-state index contributed by atoms with van der Waals surface area (Å²) < 4.78 is 10.9. The molecule has 0 spiro atoms. The number of hydrogen-bond acceptors (Lipinski definition) is 5. The Kier molecular flexibility index (Phi) is 5.10. The van der Waals surface area contributed by atoms with Crippen LogP contribution in [0.4, 0.5) is 5.69 Å². The molecule has 2 heterocycles. The Morgan fingerprint density at radius 3 is 2.92 bits per heavy atom. The Bertz CT molecular complexity index is 900. The number of rotatable bonds is 5. The lowest BCUT2D eigenvalue weighted by Crippen LogP contribution is -2.24. The third-order valence-electron chi connectivity index (χ3n) is 3.38. The van der Waals surface area contributed by atoms with Gasteiger partial charge in [0, 0.05) is 5.56 Å². The van der Waals surface area contributed by atoms with Crippen LogP contribution in [-0.2, 0) is 0 Å². The first-order chi connectivity index (χ1) is 12.2. The third kappa shape index (κ3) is 4.04. The van der Waals surface area contributed by atoms with Gasteiger partial charge in [-0.05, 0) is 43.4 Å². The molecule has 8 heteroatoms. The Morgan fingerprint density at radius 2 is 2.16 bits per heavy atom. The van der Waals surface area contributed by atoms with E-state index >= 15 is 0 Å². The van der Waals surface area contributed by atoms with Crippen molar-refractivity contribution in [2.75, 3.05) is 12.4 Å². The SMILES string of the molecule is COc1ccccc1NC(=S)N/N=C/c1cn[nH]c1-c1ccc(C)o1. The number of H-pyrrole nitrogens is 1. The molecule has 0 radical (unpaired) electrons. The number of ether oxygens (including phenoxy) is 1. The molecule has 0 unspecified atom stereocenters. The minimum absolute atomic E-state index is 0.347. The zero-order chi connectivity index (χ0) is 17.6. The molecule has 7 nitrogen and oxygen atoms in total. The van der Waals surface area contributed by atoms with E-state index in [2.05, 4.69) is 26.0 Å². The van der Waals surface area contributed by atoms with Crippen LogP contribution in [0, 0.1) is 6.92 Å². The summed E-state index contributed by atoms with van der Waals surface area (Å²) >= 11 is 5.23. The summed E-state index contributed by atoms with van der Waals surface area (Å²) in [6, 6.07) is 11.2. The van der Waals surface area contributed by atoms with Gasteiger partial charge < -0.3 is 14.5 Å². The van der Waals surface area contributed by atoms with Crippen LogP contribution in [0.2, 0.25) is 0 Å². The zero-order valence-electron chi connectivity index (χ0n) is 13.7. The van der Waals surface area contributed by atoms with Gasteiger partial charge in [-0.1, -0.05) is 12.1 Å². The lowest BCUT2D eigenvalue weighted by molar-refractivity contribution is 0.417. The molecule has 25 heavy (non-hydrogen) atoms. The highest BCUT2D eigenvalue weighted by Gasteiger charge is 2.09. The van der Waals surface area contributed by atoms with Crippen molar-refractivity contribution in [2.24, 2.45) is 5.10 Å². The largest absolute Gasteiger partial charge is 0.495 e. The van der Waals surface area contributed by atoms with Crippen molar-refractivity contribution >= 4 is 29.2 Å². The molecule has 0 atom stereocenters. The van der Waals surface area contributed by atoms with Crippen LogP contribution in [-0.4, -0.2) is 28.6 Å². The number of hydrazone groups is 1. The quantitative estimate of drug-likeness (QED) is 0.370. The van der Waals surface area contributed by atoms with Gasteiger partial charge in [0.1, 0.15) is 17.2 Å². The fourth-order valence-electron chi connectivity index (χ4n) is 2.22. The lowest BCUT2D eigenvalue weighted by atomic mass is 10.2. The Labute approximate surface area is 150 Å². The Balaban J connectivity index is 1.64. The molecule has 0 saturated heterocycles. The molecule has 0 amide bonds. The van der Waals surface area contributed by atoms with Gasteiger partial charge in [0.05, 0.1) is 25.2 Å². The summed E-state index contributed by atoms with van der Waals surface area (Å²) in [6.45, 7) is 1.89. The second-order valence-corrected chi connectivity index (χ2v) is 5.54. The summed E-state index contributed by atoms with van der Waals surface area (Å²) in [5, 5.41) is 14.4. The number of aromatic amines is 1. The number of methoxy groups -OCH3 is 1. The van der Waals surface area contributed by atoms with Gasteiger partial charge >= 0.3 is 0 Å². The number of aryl methyl sites for hydroxylation is 1. The van der Waals surface area contributed by atoms with Crippen LogP contribution >= 0.6 is 12.2 Å². The van der Waals surface area contributed by atoms with Crippen LogP contribution in [0.1, 0.15) is 11.3 Å². The van der Waals surface area contributed by atoms with Gasteiger partial charge in [-0.2, -0.15) is 10.2 Å². The molecule has 0 aliphatic carbocycles. The molecule has 3 rings (SSSR count). The smallest absolute Gasteiger partial charge is 0.191 e. The highest BCUT2D eigenvalue weighted by atomic mass is 32.1. The molecule has 0 fully saturated rings. The molecule has 0 bridgehead atoms. The van der Waals surface area contributed by atoms with Crippen LogP contribution in [0.3, 0.4) is 0 Å². The molecular formula is C17H17N5O2S. The monoisotopic (exact) mass is 355 g/mol. The summed E-state index contributed by atoms with van der Waals surface area (Å²) in [5.74, 6) is 2.22. The molecular weight excluding hydrogens is 338 g/mol. The van der Waals surface area contributed by atoms with Gasteiger partial charge in [-0.15, -0.1) is 0 Å². The van der Waals surface area contributed by atoms with Gasteiger partial charge in [-0.25, -0.2) is 0 Å². The van der Waals surface area contributed by atoms with E-state index in [-0.39, 0.29) is 0 Å². The zero-order valence-corrected chi connectivity index (χ0v) is 14.6. The number of para-hydroxylation sites is 2. The number of benzene rings is 1. The van der Waals surface area contributed by atoms with Crippen LogP contribution in [0.5, 0.6) is 5.75 Å². The molecule has 3 N–H and O–H groups in total. The predicted molar refractivity (Wildman–Crippen MR) is 101 cm³/mol. The van der Waals surface area contributed by atoms with Crippen molar-refractivity contribution in [3.63, 3.8) is 0 Å². The number of thiocarbonyl (C=S) groups is 1. The van der Waals surface area contributed by atoms with E-state index in [9.17, 15) is 0 Å². The Hall–Kier alpha value is -3.13. The van der Waals surface area contributed by atoms with E-state index in [1.807, 2.05) is 43.3 Å². The van der Waals surface area contributed by atoms with Crippen LogP contribution < -0.4 is 15.5 Å². The van der Waals surface area contributed by atoms with E-state index in [1.54, 1.807) is 19.5 Å². The highest BCUT2D eigenvalue weighted by molar-refractivity contribution is 7.80. The van der Waals surface area contributed by atoms with Crippen molar-refractivity contribution in [2.45, 2.75) is 6.92 Å². The van der Waals surface area contributed by atoms with E-state index in [0.717, 1.165) is 22.7 Å². The normalized spacial score (nSPS) is 10.8. The van der Waals surface area contributed by atoms with Crippen LogP contribution in [0.15, 0.2) is 52.1 Å². The summed E-state index contributed by atoms with van der Waals surface area (Å²) in [7, 11) is 1.60. The number of furan rings is 1. The number of hydrogen-bond donors (Lipinski definition) is 3. The first kappa shape index (κ1) is 16.7. The molecule has 1 aromatic carbocycles. The second-order valence-electron chi connectivity index (χ2n) is 5.14. The van der Waals surface area contributed by atoms with Crippen molar-refractivity contribution in [1.29, 1.82) is 0 Å². The molecule has 0 saturated carbocycles. The van der Waals surface area contributed by atoms with Crippen molar-refractivity contribution < 1.29 is 9.15 Å². The molecule has 0 aliphatic rings. The summed E-state index contributed by atoms with van der Waals surface area (Å²) in [4.78, 5) is 0. The van der Waals surface area contributed by atoms with Crippen molar-refractivity contribution in [3.05, 3.63) is 53.9 Å². The van der Waals surface area contributed by atoms with Gasteiger partial charge in [0.25, 0.3) is 0 Å². The third-order valence-corrected chi connectivity index (χ3v) is 3.57. The predicted octanol–water partition coefficient (Wildman–Crippen LogP) is 3.31. The van der Waals surface area contributed by atoms with Crippen molar-refractivity contribution in [3.8, 4) is 17.2 Å². The van der Waals surface area contributed by atoms with Crippen molar-refractivity contribution in [1.82, 2.24) is 15.6 Å². The average molecular weight is 355 g/mol. The summed E-state index contributed by atoms with van der Waals surface area (Å²) in [5.41, 5.74) is 5.06. The standard InChI is InChI=1S/C17H17N5O2S/c1-11-7-8-15(24-11)16-12(9-18-21-16)10-19-22-17(25)20-13-5-3-4-6-14(13)23-2/h3-10H,1-2H3,(H,18,21)(H2,20,22,25)/b19-10+. The number of nitrogens with zero attached hydrogens (tertiary/aromatic N) is 2. The first-order valence-electron chi connectivity index (χ1n) is 7.50. The molecule has 0 aliphatic heterocycles. The summed E-state index contributed by atoms with van der Waals surface area (Å²) in [6.07, 6.45) is 3.28. The average Bonchev–Trinajstić information content (AvgIpc) is 3.24. The number of nitrogens with one attached hydrogen (secondary N) is 3. The second kappa shape index (κ2) is 7.63. The van der Waals surface area contributed by atoms with Gasteiger partial charge in [0.15, 0.2) is 10.9 Å². The minimum Gasteiger partial charge on any atom is -0.495 e. The number of aromatic nitrogens is 2. The van der Waals surface area contributed by atoms with E-state index in [1.165, 1.54) is 0 Å². The fraction of sp³-hybridized carbons (Fsp3) is 0.118. The minimum atomic E-state index is 0.347. The highest BCUT2D eigenvalue weighted by Crippen LogP contribution is 2.23. The van der Waals surface area contributed by atoms with E-state index in [0.29, 0.717) is 16.6 Å². The Morgan fingerprint density at radius 1 is 1.32 bits per heavy atom. The van der Waals surface area contributed by atoms with E-state index < -0.39 is 0 Å². The lowest BCUT2D eigenvalue weighted by Gasteiger charge is -2.10. The fourth-order valence-corrected chi connectivity index (χ4v) is 2.38. The number of anilines is 1. The topological polar surface area (TPSA) is 87.5 Å². The van der Waals surface area contributed by atoms with Gasteiger partial charge in [0.2, 0.25) is 0 Å². The van der Waals surface area contributed by atoms with Gasteiger partial charge in [-0.3, -0.25) is 10.5 Å². The molecule has 128 valence electrons. The molecule has 3 aromatic rings.